The van der Waals surface area contributed by atoms with Crippen LogP contribution >= 0.6 is 9.24 Å². The molecule has 2 nitrogen and oxygen atoms in total. The molecule has 0 rings (SSSR count). The van der Waals surface area contributed by atoms with Gasteiger partial charge in [0.25, 0.3) is 0 Å². The number of rotatable bonds is 1. The molecule has 0 aromatic heterocycles. The van der Waals surface area contributed by atoms with Crippen LogP contribution in [0.2, 0.25) is 0 Å². The number of aliphatic carboxylic acids is 1. The van der Waals surface area contributed by atoms with Crippen LogP contribution in [-0.2, 0) is 4.79 Å². The highest BCUT2D eigenvalue weighted by Crippen LogP contribution is 1.79. The summed E-state index contributed by atoms with van der Waals surface area (Å²) in [6.45, 7) is 0. The van der Waals surface area contributed by atoms with Crippen molar-refractivity contribution < 1.29 is 9.90 Å². The van der Waals surface area contributed by atoms with E-state index in [1.807, 2.05) is 0 Å². The van der Waals surface area contributed by atoms with Gasteiger partial charge >= 0.3 is 5.97 Å². The van der Waals surface area contributed by atoms with Crippen molar-refractivity contribution >= 4 is 15.2 Å². The first-order valence-electron chi connectivity index (χ1n) is 1.38. The lowest BCUT2D eigenvalue weighted by atomic mass is 10.7. The van der Waals surface area contributed by atoms with Crippen molar-refractivity contribution in [1.82, 2.24) is 0 Å². The molecule has 0 heterocycles. The molecular weight excluding hydrogens is 99.0 g/mol. The number of hydrogen-bond acceptors (Lipinski definition) is 1. The van der Waals surface area contributed by atoms with E-state index in [0.29, 0.717) is 0 Å². The van der Waals surface area contributed by atoms with E-state index in [0.717, 1.165) is 6.08 Å². The summed E-state index contributed by atoms with van der Waals surface area (Å²) < 4.78 is 0. The van der Waals surface area contributed by atoms with Gasteiger partial charge in [0.05, 0.1) is 0 Å². The van der Waals surface area contributed by atoms with Crippen molar-refractivity contribution in [2.75, 3.05) is 0 Å². The van der Waals surface area contributed by atoms with Crippen molar-refractivity contribution in [3.63, 3.8) is 0 Å². The molecule has 34 valence electrons. The van der Waals surface area contributed by atoms with Crippen LogP contribution in [0.5, 0.6) is 0 Å². The van der Waals surface area contributed by atoms with Crippen LogP contribution in [0.3, 0.4) is 0 Å². The van der Waals surface area contributed by atoms with Crippen LogP contribution in [-0.4, -0.2) is 11.1 Å². The molecule has 0 amide bonds. The van der Waals surface area contributed by atoms with Gasteiger partial charge in [-0.2, -0.15) is 0 Å². The van der Waals surface area contributed by atoms with E-state index in [-0.39, 0.29) is 0 Å². The third kappa shape index (κ3) is 3.64. The van der Waals surface area contributed by atoms with Crippen molar-refractivity contribution in [2.24, 2.45) is 0 Å². The van der Waals surface area contributed by atoms with Gasteiger partial charge in [-0.1, -0.05) is 5.82 Å². The molecule has 0 spiro atoms. The molecule has 0 fully saturated rings. The van der Waals surface area contributed by atoms with Gasteiger partial charge in [-0.15, -0.1) is 9.24 Å². The fourth-order valence-electron chi connectivity index (χ4n) is 0.0823. The van der Waals surface area contributed by atoms with Crippen LogP contribution in [0.1, 0.15) is 0 Å². The standard InChI is InChI=1S/C3H5O2P/c4-3(5)1-2-6/h1-2H,6H2,(H,4,5). The van der Waals surface area contributed by atoms with Gasteiger partial charge in [-0.05, 0) is 0 Å². The Balaban J connectivity index is 3.30. The van der Waals surface area contributed by atoms with Gasteiger partial charge in [-0.25, -0.2) is 4.79 Å². The molecule has 1 unspecified atom stereocenters. The average molecular weight is 104 g/mol. The molecule has 0 aliphatic carbocycles. The van der Waals surface area contributed by atoms with Gasteiger partial charge < -0.3 is 5.11 Å². The molecule has 0 aliphatic rings. The second kappa shape index (κ2) is 2.86. The Kier molecular flexibility index (Phi) is 2.68. The first kappa shape index (κ1) is 5.64. The summed E-state index contributed by atoms with van der Waals surface area (Å²) in [5.41, 5.74) is 0. The second-order valence-electron chi connectivity index (χ2n) is 0.697. The maximum Gasteiger partial charge on any atom is 0.328 e. The number of carboxylic acid groups (broad SMARTS) is 1. The minimum atomic E-state index is -0.912. The zero-order valence-electron chi connectivity index (χ0n) is 3.09. The normalized spacial score (nSPS) is 9.50. The van der Waals surface area contributed by atoms with Gasteiger partial charge in [0.1, 0.15) is 0 Å². The van der Waals surface area contributed by atoms with E-state index in [1.54, 1.807) is 0 Å². The van der Waals surface area contributed by atoms with Crippen molar-refractivity contribution in [1.29, 1.82) is 0 Å². The molecule has 1 N–H and O–H groups in total. The lowest BCUT2D eigenvalue weighted by Crippen LogP contribution is -1.83. The van der Waals surface area contributed by atoms with E-state index in [1.165, 1.54) is 5.82 Å². The fraction of sp³-hybridized carbons (Fsp3) is 0. The predicted molar refractivity (Wildman–Crippen MR) is 26.5 cm³/mol. The lowest BCUT2D eigenvalue weighted by Gasteiger charge is -1.68. The Hall–Kier alpha value is -0.360. The maximum atomic E-state index is 9.50. The van der Waals surface area contributed by atoms with E-state index >= 15 is 0 Å². The first-order valence-corrected chi connectivity index (χ1v) is 2.05. The van der Waals surface area contributed by atoms with Crippen LogP contribution in [0.4, 0.5) is 0 Å². The highest BCUT2D eigenvalue weighted by Gasteiger charge is 1.76. The first-order chi connectivity index (χ1) is 2.77. The summed E-state index contributed by atoms with van der Waals surface area (Å²) in [5, 5.41) is 7.81. The molecule has 6 heavy (non-hydrogen) atoms. The molecule has 0 aromatic rings. The predicted octanol–water partition coefficient (Wildman–Crippen LogP) is 0.460. The summed E-state index contributed by atoms with van der Waals surface area (Å²) in [7, 11) is 2.16. The molecule has 0 bridgehead atoms. The number of carbonyl (C=O) groups is 1. The zero-order chi connectivity index (χ0) is 4.99. The summed E-state index contributed by atoms with van der Waals surface area (Å²) in [6, 6.07) is 0. The van der Waals surface area contributed by atoms with Crippen LogP contribution in [0.25, 0.3) is 0 Å². The topological polar surface area (TPSA) is 37.3 Å². The Morgan fingerprint density at radius 3 is 2.33 bits per heavy atom. The molecule has 1 atom stereocenters. The fourth-order valence-corrected chi connectivity index (χ4v) is 0.247. The highest BCUT2D eigenvalue weighted by atomic mass is 31.0. The summed E-state index contributed by atoms with van der Waals surface area (Å²) in [6.07, 6.45) is 1.05. The Morgan fingerprint density at radius 1 is 1.83 bits per heavy atom. The SMILES string of the molecule is O=C(O)C=CP. The highest BCUT2D eigenvalue weighted by molar-refractivity contribution is 7.20. The Morgan fingerprint density at radius 2 is 2.33 bits per heavy atom. The zero-order valence-corrected chi connectivity index (χ0v) is 4.24. The van der Waals surface area contributed by atoms with E-state index < -0.39 is 5.97 Å². The third-order valence-corrected chi connectivity index (χ3v) is 0.431. The maximum absolute atomic E-state index is 9.50. The average Bonchev–Trinajstić information content (AvgIpc) is 1.35. The minimum Gasteiger partial charge on any atom is -0.478 e. The van der Waals surface area contributed by atoms with Gasteiger partial charge in [-0.3, -0.25) is 0 Å². The van der Waals surface area contributed by atoms with Crippen LogP contribution in [0.15, 0.2) is 11.9 Å². The lowest BCUT2D eigenvalue weighted by molar-refractivity contribution is -0.131. The van der Waals surface area contributed by atoms with Crippen LogP contribution < -0.4 is 0 Å². The largest absolute Gasteiger partial charge is 0.478 e. The van der Waals surface area contributed by atoms with Crippen molar-refractivity contribution in [2.45, 2.75) is 0 Å². The molecular formula is C3H5O2P. The van der Waals surface area contributed by atoms with Gasteiger partial charge in [0, 0.05) is 6.08 Å². The van der Waals surface area contributed by atoms with E-state index in [2.05, 4.69) is 9.24 Å². The van der Waals surface area contributed by atoms with E-state index in [9.17, 15) is 4.79 Å². The smallest absolute Gasteiger partial charge is 0.328 e. The van der Waals surface area contributed by atoms with Gasteiger partial charge in [0.2, 0.25) is 0 Å². The monoisotopic (exact) mass is 104 g/mol. The molecule has 0 saturated carbocycles. The molecule has 0 aliphatic heterocycles. The second-order valence-corrected chi connectivity index (χ2v) is 1.08. The summed E-state index contributed by atoms with van der Waals surface area (Å²) >= 11 is 0. The van der Waals surface area contributed by atoms with Crippen molar-refractivity contribution in [3.05, 3.63) is 11.9 Å². The summed E-state index contributed by atoms with van der Waals surface area (Å²) in [5.74, 6) is 0.479. The third-order valence-electron chi connectivity index (χ3n) is 0.239. The van der Waals surface area contributed by atoms with E-state index in [4.69, 9.17) is 5.11 Å². The molecule has 0 saturated heterocycles. The van der Waals surface area contributed by atoms with Crippen LogP contribution in [0, 0.1) is 0 Å². The van der Waals surface area contributed by atoms with Crippen molar-refractivity contribution in [3.8, 4) is 0 Å². The van der Waals surface area contributed by atoms with Gasteiger partial charge in [0.15, 0.2) is 0 Å². The Labute approximate surface area is 38.1 Å². The quantitative estimate of drug-likeness (QED) is 0.387. The summed E-state index contributed by atoms with van der Waals surface area (Å²) in [4.78, 5) is 9.50. The molecule has 0 aromatic carbocycles. The Bertz CT molecular complexity index is 76.9. The number of carboxylic acids is 1. The number of hydrogen-bond donors (Lipinski definition) is 1. The molecule has 0 radical (unpaired) electrons. The molecule has 3 heteroatoms. The minimum absolute atomic E-state index is 0.912.